The van der Waals surface area contributed by atoms with Gasteiger partial charge < -0.3 is 10.2 Å². The second-order valence-corrected chi connectivity index (χ2v) is 8.59. The van der Waals surface area contributed by atoms with Crippen molar-refractivity contribution >= 4 is 34.6 Å². The molecule has 0 unspecified atom stereocenters. The second kappa shape index (κ2) is 7.25. The van der Waals surface area contributed by atoms with Crippen molar-refractivity contribution in [2.24, 2.45) is 0 Å². The molecule has 2 fully saturated rings. The van der Waals surface area contributed by atoms with E-state index in [2.05, 4.69) is 10.3 Å². The molecule has 1 spiro atoms. The lowest BCUT2D eigenvalue weighted by molar-refractivity contribution is -0.138. The molecule has 6 nitrogen and oxygen atoms in total. The Bertz CT molecular complexity index is 1190. The van der Waals surface area contributed by atoms with Crippen LogP contribution in [0.25, 0.3) is 0 Å². The number of hydrogen-bond donors (Lipinski definition) is 1. The number of nitrogens with one attached hydrogen (secondary N) is 1. The number of nitrogens with zero attached hydrogens (tertiary/aromatic N) is 4. The van der Waals surface area contributed by atoms with Gasteiger partial charge in [-0.1, -0.05) is 6.07 Å². The number of fused-ring (bicyclic) bond motifs is 1. The SMILES string of the molecule is N#Cc1ncc(N2C(=O)C3(CCC3)N(c3ccc4c(c3)CCNC4)C2=S)cc1C(F)(F)F. The first-order valence-electron chi connectivity index (χ1n) is 10.2. The molecule has 1 saturated heterocycles. The molecule has 5 rings (SSSR count). The van der Waals surface area contributed by atoms with Crippen molar-refractivity contribution in [3.05, 3.63) is 52.8 Å². The minimum Gasteiger partial charge on any atom is -0.312 e. The lowest BCUT2D eigenvalue weighted by atomic mass is 9.75. The lowest BCUT2D eigenvalue weighted by Gasteiger charge is -2.43. The van der Waals surface area contributed by atoms with Crippen LogP contribution in [0.15, 0.2) is 30.5 Å². The summed E-state index contributed by atoms with van der Waals surface area (Å²) in [5, 5.41) is 12.5. The van der Waals surface area contributed by atoms with E-state index >= 15 is 0 Å². The number of carbonyl (C=O) groups excluding carboxylic acids is 1. The van der Waals surface area contributed by atoms with E-state index in [-0.39, 0.29) is 16.7 Å². The minimum atomic E-state index is -4.78. The summed E-state index contributed by atoms with van der Waals surface area (Å²) in [6.07, 6.45) is -0.866. The Labute approximate surface area is 187 Å². The summed E-state index contributed by atoms with van der Waals surface area (Å²) >= 11 is 5.65. The highest BCUT2D eigenvalue weighted by molar-refractivity contribution is 7.81. The van der Waals surface area contributed by atoms with E-state index in [1.807, 2.05) is 18.2 Å². The number of nitriles is 1. The highest BCUT2D eigenvalue weighted by Crippen LogP contribution is 2.48. The molecule has 1 amide bonds. The van der Waals surface area contributed by atoms with E-state index in [0.717, 1.165) is 48.8 Å². The Morgan fingerprint density at radius 2 is 1.97 bits per heavy atom. The Balaban J connectivity index is 1.59. The number of carbonyl (C=O) groups is 1. The van der Waals surface area contributed by atoms with Crippen LogP contribution in [0.1, 0.15) is 41.6 Å². The Hall–Kier alpha value is -3.03. The number of rotatable bonds is 2. The molecule has 3 heterocycles. The minimum absolute atomic E-state index is 0.0812. The fourth-order valence-corrected chi connectivity index (χ4v) is 5.16. The average Bonchev–Trinajstić information content (AvgIpc) is 2.99. The third-order valence-electron chi connectivity index (χ3n) is 6.47. The Kier molecular flexibility index (Phi) is 4.72. The average molecular weight is 457 g/mol. The summed E-state index contributed by atoms with van der Waals surface area (Å²) in [5.41, 5.74) is 0.217. The van der Waals surface area contributed by atoms with Gasteiger partial charge >= 0.3 is 6.18 Å². The quantitative estimate of drug-likeness (QED) is 0.694. The van der Waals surface area contributed by atoms with Gasteiger partial charge in [-0.15, -0.1) is 0 Å². The zero-order chi connectivity index (χ0) is 22.7. The first-order valence-corrected chi connectivity index (χ1v) is 10.7. The summed E-state index contributed by atoms with van der Waals surface area (Å²) in [4.78, 5) is 20.1. The monoisotopic (exact) mass is 457 g/mol. The molecule has 1 aromatic carbocycles. The smallest absolute Gasteiger partial charge is 0.312 e. The maximum absolute atomic E-state index is 13.5. The number of benzene rings is 1. The molecule has 1 N–H and O–H groups in total. The predicted molar refractivity (Wildman–Crippen MR) is 115 cm³/mol. The van der Waals surface area contributed by atoms with Gasteiger partial charge in [0.15, 0.2) is 10.8 Å². The van der Waals surface area contributed by atoms with Crippen LogP contribution < -0.4 is 15.1 Å². The van der Waals surface area contributed by atoms with E-state index in [9.17, 15) is 18.0 Å². The molecule has 0 radical (unpaired) electrons. The van der Waals surface area contributed by atoms with E-state index in [1.165, 1.54) is 17.2 Å². The molecule has 1 aromatic heterocycles. The van der Waals surface area contributed by atoms with Crippen LogP contribution in [0.5, 0.6) is 0 Å². The molecular formula is C22H18F3N5OS. The van der Waals surface area contributed by atoms with Crippen LogP contribution in [0.4, 0.5) is 24.5 Å². The Morgan fingerprint density at radius 1 is 1.19 bits per heavy atom. The molecule has 1 aliphatic carbocycles. The number of halogens is 3. The third kappa shape index (κ3) is 2.99. The maximum atomic E-state index is 13.5. The van der Waals surface area contributed by atoms with Crippen molar-refractivity contribution < 1.29 is 18.0 Å². The highest BCUT2D eigenvalue weighted by atomic mass is 32.1. The normalized spacial score (nSPS) is 19.7. The van der Waals surface area contributed by atoms with Gasteiger partial charge in [0, 0.05) is 12.2 Å². The van der Waals surface area contributed by atoms with Crippen LogP contribution in [-0.4, -0.2) is 28.1 Å². The number of anilines is 2. The van der Waals surface area contributed by atoms with Crippen LogP contribution in [0, 0.1) is 11.3 Å². The molecule has 10 heteroatoms. The number of alkyl halides is 3. The number of amides is 1. The largest absolute Gasteiger partial charge is 0.419 e. The van der Waals surface area contributed by atoms with Gasteiger partial charge in [0.1, 0.15) is 11.6 Å². The number of aromatic nitrogens is 1. The van der Waals surface area contributed by atoms with E-state index < -0.39 is 23.0 Å². The molecule has 0 bridgehead atoms. The molecule has 32 heavy (non-hydrogen) atoms. The van der Waals surface area contributed by atoms with Gasteiger partial charge in [0.2, 0.25) is 0 Å². The summed E-state index contributed by atoms with van der Waals surface area (Å²) < 4.78 is 40.5. The predicted octanol–water partition coefficient (Wildman–Crippen LogP) is 3.68. The summed E-state index contributed by atoms with van der Waals surface area (Å²) in [7, 11) is 0. The third-order valence-corrected chi connectivity index (χ3v) is 6.84. The molecule has 1 saturated carbocycles. The number of thiocarbonyl (C=S) groups is 1. The Morgan fingerprint density at radius 3 is 2.62 bits per heavy atom. The van der Waals surface area contributed by atoms with Gasteiger partial charge in [-0.2, -0.15) is 18.4 Å². The maximum Gasteiger partial charge on any atom is 0.419 e. The topological polar surface area (TPSA) is 72.3 Å². The summed E-state index contributed by atoms with van der Waals surface area (Å²) in [5.74, 6) is -0.354. The molecular weight excluding hydrogens is 439 g/mol. The molecule has 2 aliphatic heterocycles. The van der Waals surface area contributed by atoms with Crippen LogP contribution in [0.3, 0.4) is 0 Å². The van der Waals surface area contributed by atoms with Gasteiger partial charge in [-0.3, -0.25) is 9.69 Å². The zero-order valence-corrected chi connectivity index (χ0v) is 17.7. The molecule has 164 valence electrons. The van der Waals surface area contributed by atoms with Gasteiger partial charge in [-0.05, 0) is 73.8 Å². The van der Waals surface area contributed by atoms with Crippen LogP contribution in [0.2, 0.25) is 0 Å². The zero-order valence-electron chi connectivity index (χ0n) is 16.9. The van der Waals surface area contributed by atoms with E-state index in [4.69, 9.17) is 17.5 Å². The van der Waals surface area contributed by atoms with Crippen molar-refractivity contribution in [1.82, 2.24) is 10.3 Å². The van der Waals surface area contributed by atoms with Crippen LogP contribution in [-0.2, 0) is 23.9 Å². The number of hydrogen-bond acceptors (Lipinski definition) is 5. The fraction of sp³-hybridized carbons (Fsp3) is 0.364. The first-order chi connectivity index (χ1) is 15.3. The van der Waals surface area contributed by atoms with Gasteiger partial charge in [0.05, 0.1) is 17.4 Å². The molecule has 3 aliphatic rings. The van der Waals surface area contributed by atoms with Crippen molar-refractivity contribution in [2.45, 2.75) is 43.9 Å². The van der Waals surface area contributed by atoms with Gasteiger partial charge in [-0.25, -0.2) is 4.98 Å². The van der Waals surface area contributed by atoms with Crippen molar-refractivity contribution in [2.75, 3.05) is 16.3 Å². The molecule has 0 atom stereocenters. The standard InChI is InChI=1S/C22H18F3N5OS/c23-22(24,25)17-9-16(12-28-18(17)10-26)29-19(31)21(5-1-6-21)30(20(29)32)15-3-2-14-11-27-7-4-13(14)8-15/h2-3,8-9,12,27H,1,4-7,11H2. The van der Waals surface area contributed by atoms with Crippen molar-refractivity contribution in [3.63, 3.8) is 0 Å². The highest BCUT2D eigenvalue weighted by Gasteiger charge is 2.59. The van der Waals surface area contributed by atoms with E-state index in [1.54, 1.807) is 4.90 Å². The number of pyridine rings is 1. The van der Waals surface area contributed by atoms with E-state index in [0.29, 0.717) is 12.8 Å². The van der Waals surface area contributed by atoms with Crippen molar-refractivity contribution in [1.29, 1.82) is 5.26 Å². The van der Waals surface area contributed by atoms with Crippen LogP contribution >= 0.6 is 12.2 Å². The fourth-order valence-electron chi connectivity index (χ4n) is 4.69. The van der Waals surface area contributed by atoms with Gasteiger partial charge in [0.25, 0.3) is 5.91 Å². The van der Waals surface area contributed by atoms with Crippen molar-refractivity contribution in [3.8, 4) is 6.07 Å². The summed E-state index contributed by atoms with van der Waals surface area (Å²) in [6.45, 7) is 1.63. The summed E-state index contributed by atoms with van der Waals surface area (Å²) in [6, 6.07) is 8.18. The second-order valence-electron chi connectivity index (χ2n) is 8.22. The first kappa shape index (κ1) is 20.8. The lowest BCUT2D eigenvalue weighted by Crippen LogP contribution is -2.55. The molecule has 2 aromatic rings.